The van der Waals surface area contributed by atoms with E-state index in [9.17, 15) is 8.78 Å². The average Bonchev–Trinajstić information content (AvgIpc) is 2.37. The summed E-state index contributed by atoms with van der Waals surface area (Å²) in [5.74, 6) is -0.863. The van der Waals surface area contributed by atoms with Gasteiger partial charge >= 0.3 is 0 Å². The molecule has 0 N–H and O–H groups in total. The largest absolute Gasteiger partial charge is 0.296 e. The van der Waals surface area contributed by atoms with E-state index in [-0.39, 0.29) is 0 Å². The molecule has 18 heavy (non-hydrogen) atoms. The molecule has 4 heteroatoms. The highest BCUT2D eigenvalue weighted by molar-refractivity contribution is 6.17. The lowest BCUT2D eigenvalue weighted by atomic mass is 9.99. The van der Waals surface area contributed by atoms with Crippen LogP contribution in [0.25, 0.3) is 0 Å². The van der Waals surface area contributed by atoms with Crippen molar-refractivity contribution in [2.45, 2.75) is 38.3 Å². The molecule has 0 aliphatic carbocycles. The molecule has 0 bridgehead atoms. The predicted molar refractivity (Wildman–Crippen MR) is 69.7 cm³/mol. The van der Waals surface area contributed by atoms with Crippen LogP contribution in [0.3, 0.4) is 0 Å². The molecule has 100 valence electrons. The van der Waals surface area contributed by atoms with Gasteiger partial charge in [-0.1, -0.05) is 18.6 Å². The Labute approximate surface area is 112 Å². The van der Waals surface area contributed by atoms with Gasteiger partial charge in [-0.25, -0.2) is 8.78 Å². The van der Waals surface area contributed by atoms with Crippen LogP contribution in [-0.2, 0) is 6.54 Å². The highest BCUT2D eigenvalue weighted by Crippen LogP contribution is 2.23. The van der Waals surface area contributed by atoms with Gasteiger partial charge in [0.05, 0.1) is 0 Å². The standard InChI is InChI=1S/C14H18ClF2N/c15-8-7-12-5-1-2-9-18(12)10-11-4-3-6-13(16)14(11)17/h3-4,6,12H,1-2,5,7-10H2. The molecule has 1 heterocycles. The topological polar surface area (TPSA) is 3.24 Å². The molecule has 1 aromatic rings. The summed E-state index contributed by atoms with van der Waals surface area (Å²) in [5, 5.41) is 0. The summed E-state index contributed by atoms with van der Waals surface area (Å²) >= 11 is 5.80. The van der Waals surface area contributed by atoms with Crippen LogP contribution in [0.2, 0.25) is 0 Å². The van der Waals surface area contributed by atoms with Gasteiger partial charge < -0.3 is 0 Å². The monoisotopic (exact) mass is 273 g/mol. The lowest BCUT2D eigenvalue weighted by Gasteiger charge is -2.35. The lowest BCUT2D eigenvalue weighted by Crippen LogP contribution is -2.39. The SMILES string of the molecule is Fc1cccc(CN2CCCCC2CCCl)c1F. The maximum atomic E-state index is 13.6. The zero-order chi connectivity index (χ0) is 13.0. The molecule has 1 nitrogen and oxygen atoms in total. The van der Waals surface area contributed by atoms with Gasteiger partial charge in [0.1, 0.15) is 0 Å². The van der Waals surface area contributed by atoms with Crippen LogP contribution in [-0.4, -0.2) is 23.4 Å². The fourth-order valence-corrected chi connectivity index (χ4v) is 2.86. The Hall–Kier alpha value is -0.670. The molecule has 1 saturated heterocycles. The quantitative estimate of drug-likeness (QED) is 0.751. The number of nitrogens with zero attached hydrogens (tertiary/aromatic N) is 1. The minimum absolute atomic E-state index is 0.402. The van der Waals surface area contributed by atoms with Crippen molar-refractivity contribution < 1.29 is 8.78 Å². The molecular weight excluding hydrogens is 256 g/mol. The van der Waals surface area contributed by atoms with E-state index in [1.54, 1.807) is 12.1 Å². The Balaban J connectivity index is 2.08. The van der Waals surface area contributed by atoms with Crippen molar-refractivity contribution in [2.24, 2.45) is 0 Å². The second-order valence-corrected chi connectivity index (χ2v) is 5.19. The van der Waals surface area contributed by atoms with Crippen molar-refractivity contribution >= 4 is 11.6 Å². The minimum atomic E-state index is -0.765. The van der Waals surface area contributed by atoms with E-state index in [0.29, 0.717) is 24.0 Å². The molecule has 1 aliphatic rings. The van der Waals surface area contributed by atoms with E-state index in [1.807, 2.05) is 0 Å². The Bertz CT molecular complexity index is 395. The highest BCUT2D eigenvalue weighted by atomic mass is 35.5. The fourth-order valence-electron chi connectivity index (χ4n) is 2.61. The first kappa shape index (κ1) is 13.8. The zero-order valence-corrected chi connectivity index (χ0v) is 11.1. The van der Waals surface area contributed by atoms with Crippen LogP contribution in [0, 0.1) is 11.6 Å². The summed E-state index contributed by atoms with van der Waals surface area (Å²) in [5.41, 5.74) is 0.441. The van der Waals surface area contributed by atoms with Gasteiger partial charge in [0.2, 0.25) is 0 Å². The van der Waals surface area contributed by atoms with Crippen LogP contribution >= 0.6 is 11.6 Å². The second kappa shape index (κ2) is 6.48. The molecule has 1 unspecified atom stereocenters. The number of piperidine rings is 1. The van der Waals surface area contributed by atoms with Crippen molar-refractivity contribution in [3.63, 3.8) is 0 Å². The van der Waals surface area contributed by atoms with Crippen molar-refractivity contribution in [3.05, 3.63) is 35.4 Å². The molecule has 0 spiro atoms. The number of rotatable bonds is 4. The highest BCUT2D eigenvalue weighted by Gasteiger charge is 2.23. The van der Waals surface area contributed by atoms with Gasteiger partial charge in [0, 0.05) is 24.0 Å². The van der Waals surface area contributed by atoms with Crippen LogP contribution in [0.5, 0.6) is 0 Å². The van der Waals surface area contributed by atoms with Gasteiger partial charge in [-0.05, 0) is 31.9 Å². The van der Waals surface area contributed by atoms with Gasteiger partial charge in [0.15, 0.2) is 11.6 Å². The third-order valence-electron chi connectivity index (χ3n) is 3.60. The summed E-state index contributed by atoms with van der Waals surface area (Å²) in [6, 6.07) is 4.78. The van der Waals surface area contributed by atoms with Crippen LogP contribution < -0.4 is 0 Å². The number of hydrogen-bond donors (Lipinski definition) is 0. The van der Waals surface area contributed by atoms with Gasteiger partial charge in [-0.3, -0.25) is 4.90 Å². The first-order valence-corrected chi connectivity index (χ1v) is 6.98. The molecule has 1 fully saturated rings. The van der Waals surface area contributed by atoms with Crippen LogP contribution in [0.4, 0.5) is 8.78 Å². The normalized spacial score (nSPS) is 21.2. The number of halogens is 3. The van der Waals surface area contributed by atoms with E-state index in [4.69, 9.17) is 11.6 Å². The number of alkyl halides is 1. The van der Waals surface area contributed by atoms with E-state index >= 15 is 0 Å². The Morgan fingerprint density at radius 3 is 2.89 bits per heavy atom. The summed E-state index contributed by atoms with van der Waals surface area (Å²) in [6.07, 6.45) is 4.33. The molecule has 1 atom stereocenters. The molecule has 2 rings (SSSR count). The number of likely N-dealkylation sites (tertiary alicyclic amines) is 1. The lowest BCUT2D eigenvalue weighted by molar-refractivity contribution is 0.135. The van der Waals surface area contributed by atoms with E-state index in [1.165, 1.54) is 6.42 Å². The maximum Gasteiger partial charge on any atom is 0.163 e. The Morgan fingerprint density at radius 2 is 2.11 bits per heavy atom. The minimum Gasteiger partial charge on any atom is -0.296 e. The fraction of sp³-hybridized carbons (Fsp3) is 0.571. The second-order valence-electron chi connectivity index (χ2n) is 4.81. The number of benzene rings is 1. The van der Waals surface area contributed by atoms with Crippen LogP contribution in [0.1, 0.15) is 31.2 Å². The van der Waals surface area contributed by atoms with E-state index in [2.05, 4.69) is 4.90 Å². The first-order chi connectivity index (χ1) is 8.72. The summed E-state index contributed by atoms with van der Waals surface area (Å²) in [4.78, 5) is 2.23. The van der Waals surface area contributed by atoms with Crippen molar-refractivity contribution in [1.29, 1.82) is 0 Å². The first-order valence-electron chi connectivity index (χ1n) is 6.45. The van der Waals surface area contributed by atoms with Crippen molar-refractivity contribution in [1.82, 2.24) is 4.90 Å². The molecule has 0 amide bonds. The van der Waals surface area contributed by atoms with Crippen LogP contribution in [0.15, 0.2) is 18.2 Å². The molecule has 1 aromatic carbocycles. The molecule has 0 aromatic heterocycles. The zero-order valence-electron chi connectivity index (χ0n) is 10.3. The molecule has 0 saturated carbocycles. The summed E-state index contributed by atoms with van der Waals surface area (Å²) in [7, 11) is 0. The van der Waals surface area contributed by atoms with E-state index in [0.717, 1.165) is 31.9 Å². The smallest absolute Gasteiger partial charge is 0.163 e. The Morgan fingerprint density at radius 1 is 1.28 bits per heavy atom. The summed E-state index contributed by atoms with van der Waals surface area (Å²) in [6.45, 7) is 1.42. The van der Waals surface area contributed by atoms with Gasteiger partial charge in [-0.2, -0.15) is 0 Å². The van der Waals surface area contributed by atoms with Gasteiger partial charge in [0.25, 0.3) is 0 Å². The summed E-state index contributed by atoms with van der Waals surface area (Å²) < 4.78 is 26.8. The van der Waals surface area contributed by atoms with E-state index < -0.39 is 11.6 Å². The third-order valence-corrected chi connectivity index (χ3v) is 3.81. The van der Waals surface area contributed by atoms with Crippen molar-refractivity contribution in [3.8, 4) is 0 Å². The molecule has 0 radical (unpaired) electrons. The molecular formula is C14H18ClF2N. The average molecular weight is 274 g/mol. The number of hydrogen-bond acceptors (Lipinski definition) is 1. The maximum absolute atomic E-state index is 13.6. The Kier molecular flexibility index (Phi) is 4.95. The van der Waals surface area contributed by atoms with Gasteiger partial charge in [-0.15, -0.1) is 11.6 Å². The predicted octanol–water partition coefficient (Wildman–Crippen LogP) is 3.95. The van der Waals surface area contributed by atoms with Crippen molar-refractivity contribution in [2.75, 3.05) is 12.4 Å². The molecule has 1 aliphatic heterocycles. The third kappa shape index (κ3) is 3.21.